The van der Waals surface area contributed by atoms with Crippen LogP contribution in [0.3, 0.4) is 0 Å². The number of nitrogens with zero attached hydrogens (tertiary/aromatic N) is 1. The molecule has 1 N–H and O–H groups in total. The highest BCUT2D eigenvalue weighted by molar-refractivity contribution is 7.89. The highest BCUT2D eigenvalue weighted by atomic mass is 32.2. The minimum atomic E-state index is -3.15. The number of carbonyl (C=O) groups excluding carboxylic acids is 1. The van der Waals surface area contributed by atoms with Crippen molar-refractivity contribution in [1.29, 1.82) is 0 Å². The molecule has 1 aromatic rings. The second-order valence-electron chi connectivity index (χ2n) is 6.61. The van der Waals surface area contributed by atoms with Gasteiger partial charge < -0.3 is 10.1 Å². The predicted molar refractivity (Wildman–Crippen MR) is 97.8 cm³/mol. The van der Waals surface area contributed by atoms with E-state index in [9.17, 15) is 13.2 Å². The molecule has 1 aliphatic heterocycles. The van der Waals surface area contributed by atoms with Crippen LogP contribution in [0.1, 0.15) is 39.2 Å². The van der Waals surface area contributed by atoms with Gasteiger partial charge in [0.15, 0.2) is 0 Å². The number of nitrogens with one attached hydrogen (secondary N) is 1. The molecule has 25 heavy (non-hydrogen) atoms. The first-order valence-corrected chi connectivity index (χ1v) is 10.4. The Morgan fingerprint density at radius 3 is 2.60 bits per heavy atom. The fourth-order valence-electron chi connectivity index (χ4n) is 2.91. The fraction of sp³-hybridized carbons (Fsp3) is 0.611. The Bertz CT molecular complexity index is 680. The van der Waals surface area contributed by atoms with E-state index < -0.39 is 10.0 Å². The fourth-order valence-corrected chi connectivity index (χ4v) is 4.05. The van der Waals surface area contributed by atoms with Gasteiger partial charge in [-0.2, -0.15) is 0 Å². The number of sulfonamides is 1. The second kappa shape index (κ2) is 8.67. The maximum Gasteiger partial charge on any atom is 0.223 e. The molecule has 1 aromatic carbocycles. The van der Waals surface area contributed by atoms with Crippen molar-refractivity contribution in [3.8, 4) is 5.75 Å². The van der Waals surface area contributed by atoms with Crippen LogP contribution in [0.5, 0.6) is 5.75 Å². The van der Waals surface area contributed by atoms with E-state index in [1.54, 1.807) is 6.92 Å². The summed E-state index contributed by atoms with van der Waals surface area (Å²) in [7, 11) is -3.15. The van der Waals surface area contributed by atoms with Gasteiger partial charge in [-0.15, -0.1) is 0 Å². The maximum absolute atomic E-state index is 12.3. The summed E-state index contributed by atoms with van der Waals surface area (Å²) < 4.78 is 30.9. The standard InChI is InChI=1S/C18H28N2O4S/c1-4-25(22,23)20-10-8-16(9-11-20)18(21)19-13-15-6-5-7-17(12-15)24-14(2)3/h5-7,12,14,16H,4,8-11,13H2,1-3H3,(H,19,21). The summed E-state index contributed by atoms with van der Waals surface area (Å²) in [4.78, 5) is 12.3. The summed E-state index contributed by atoms with van der Waals surface area (Å²) in [6.45, 7) is 6.88. The lowest BCUT2D eigenvalue weighted by atomic mass is 9.97. The molecule has 1 fully saturated rings. The molecule has 1 aliphatic rings. The average molecular weight is 368 g/mol. The number of carbonyl (C=O) groups is 1. The number of ether oxygens (including phenoxy) is 1. The van der Waals surface area contributed by atoms with Crippen LogP contribution < -0.4 is 10.1 Å². The lowest BCUT2D eigenvalue weighted by Crippen LogP contribution is -2.43. The first-order valence-electron chi connectivity index (χ1n) is 8.83. The van der Waals surface area contributed by atoms with E-state index >= 15 is 0 Å². The topological polar surface area (TPSA) is 75.7 Å². The Morgan fingerprint density at radius 2 is 2.00 bits per heavy atom. The van der Waals surface area contributed by atoms with Gasteiger partial charge in [-0.05, 0) is 51.3 Å². The molecule has 0 aliphatic carbocycles. The van der Waals surface area contributed by atoms with Gasteiger partial charge in [0, 0.05) is 25.6 Å². The Labute approximate surface area is 150 Å². The van der Waals surface area contributed by atoms with Gasteiger partial charge in [0.05, 0.1) is 11.9 Å². The molecule has 140 valence electrons. The van der Waals surface area contributed by atoms with Crippen molar-refractivity contribution in [2.75, 3.05) is 18.8 Å². The summed E-state index contributed by atoms with van der Waals surface area (Å²) in [6.07, 6.45) is 1.25. The zero-order chi connectivity index (χ0) is 18.4. The normalized spacial score (nSPS) is 16.8. The van der Waals surface area contributed by atoms with Crippen molar-refractivity contribution in [3.05, 3.63) is 29.8 Å². The molecule has 1 heterocycles. The molecule has 0 radical (unpaired) electrons. The summed E-state index contributed by atoms with van der Waals surface area (Å²) in [5, 5.41) is 2.95. The SMILES string of the molecule is CCS(=O)(=O)N1CCC(C(=O)NCc2cccc(OC(C)C)c2)CC1. The van der Waals surface area contributed by atoms with E-state index in [1.165, 1.54) is 4.31 Å². The van der Waals surface area contributed by atoms with Gasteiger partial charge in [-0.3, -0.25) is 4.79 Å². The molecule has 0 spiro atoms. The third-order valence-electron chi connectivity index (χ3n) is 4.32. The zero-order valence-corrected chi connectivity index (χ0v) is 16.0. The predicted octanol–water partition coefficient (Wildman–Crippen LogP) is 2.15. The minimum absolute atomic E-state index is 0.0104. The first kappa shape index (κ1) is 19.7. The van der Waals surface area contributed by atoms with E-state index in [-0.39, 0.29) is 23.7 Å². The summed E-state index contributed by atoms with van der Waals surface area (Å²) in [5.74, 6) is 0.764. The molecule has 0 saturated carbocycles. The molecule has 1 amide bonds. The van der Waals surface area contributed by atoms with Crippen molar-refractivity contribution in [2.24, 2.45) is 5.92 Å². The van der Waals surface area contributed by atoms with Crippen LogP contribution in [0.15, 0.2) is 24.3 Å². The van der Waals surface area contributed by atoms with Crippen LogP contribution in [0.2, 0.25) is 0 Å². The van der Waals surface area contributed by atoms with Crippen LogP contribution in [-0.4, -0.2) is 43.6 Å². The van der Waals surface area contributed by atoms with E-state index in [0.29, 0.717) is 32.5 Å². The zero-order valence-electron chi connectivity index (χ0n) is 15.2. The van der Waals surface area contributed by atoms with Crippen molar-refractivity contribution in [1.82, 2.24) is 9.62 Å². The highest BCUT2D eigenvalue weighted by Gasteiger charge is 2.29. The third-order valence-corrected chi connectivity index (χ3v) is 6.20. The molecule has 1 saturated heterocycles. The molecular formula is C18H28N2O4S. The van der Waals surface area contributed by atoms with Crippen LogP contribution in [0.4, 0.5) is 0 Å². The third kappa shape index (κ3) is 5.71. The van der Waals surface area contributed by atoms with Gasteiger partial charge in [0.25, 0.3) is 0 Å². The van der Waals surface area contributed by atoms with Gasteiger partial charge in [-0.1, -0.05) is 12.1 Å². The van der Waals surface area contributed by atoms with Crippen LogP contribution in [-0.2, 0) is 21.4 Å². The number of rotatable bonds is 7. The summed E-state index contributed by atoms with van der Waals surface area (Å²) in [6, 6.07) is 7.68. The van der Waals surface area contributed by atoms with Gasteiger partial charge in [-0.25, -0.2) is 12.7 Å². The smallest absolute Gasteiger partial charge is 0.223 e. The van der Waals surface area contributed by atoms with Gasteiger partial charge >= 0.3 is 0 Å². The minimum Gasteiger partial charge on any atom is -0.491 e. The molecule has 0 aromatic heterocycles. The van der Waals surface area contributed by atoms with Crippen molar-refractivity contribution < 1.29 is 17.9 Å². The largest absolute Gasteiger partial charge is 0.491 e. The monoisotopic (exact) mass is 368 g/mol. The Kier molecular flexibility index (Phi) is 6.84. The Hall–Kier alpha value is -1.60. The van der Waals surface area contributed by atoms with Gasteiger partial charge in [0.2, 0.25) is 15.9 Å². The van der Waals surface area contributed by atoms with Crippen molar-refractivity contribution in [2.45, 2.75) is 46.3 Å². The summed E-state index contributed by atoms with van der Waals surface area (Å²) in [5.41, 5.74) is 0.984. The molecule has 0 bridgehead atoms. The van der Waals surface area contributed by atoms with Crippen molar-refractivity contribution >= 4 is 15.9 Å². The second-order valence-corrected chi connectivity index (χ2v) is 8.86. The van der Waals surface area contributed by atoms with Crippen molar-refractivity contribution in [3.63, 3.8) is 0 Å². The highest BCUT2D eigenvalue weighted by Crippen LogP contribution is 2.20. The van der Waals surface area contributed by atoms with Gasteiger partial charge in [0.1, 0.15) is 5.75 Å². The Morgan fingerprint density at radius 1 is 1.32 bits per heavy atom. The van der Waals surface area contributed by atoms with Crippen LogP contribution in [0, 0.1) is 5.92 Å². The number of piperidine rings is 1. The number of hydrogen-bond donors (Lipinski definition) is 1. The lowest BCUT2D eigenvalue weighted by molar-refractivity contribution is -0.126. The molecule has 6 nitrogen and oxygen atoms in total. The first-order chi connectivity index (χ1) is 11.8. The number of hydrogen-bond acceptors (Lipinski definition) is 4. The maximum atomic E-state index is 12.3. The van der Waals surface area contributed by atoms with Crippen LogP contribution >= 0.6 is 0 Å². The lowest BCUT2D eigenvalue weighted by Gasteiger charge is -2.30. The average Bonchev–Trinajstić information content (AvgIpc) is 2.59. The molecule has 0 unspecified atom stereocenters. The van der Waals surface area contributed by atoms with E-state index in [1.807, 2.05) is 38.1 Å². The Balaban J connectivity index is 1.83. The van der Waals surface area contributed by atoms with E-state index in [4.69, 9.17) is 4.74 Å². The molecule has 0 atom stereocenters. The van der Waals surface area contributed by atoms with E-state index in [2.05, 4.69) is 5.32 Å². The number of amides is 1. The summed E-state index contributed by atoms with van der Waals surface area (Å²) >= 11 is 0. The molecule has 7 heteroatoms. The molecular weight excluding hydrogens is 340 g/mol. The number of benzene rings is 1. The quantitative estimate of drug-likeness (QED) is 0.800. The molecule has 2 rings (SSSR count). The van der Waals surface area contributed by atoms with Crippen LogP contribution in [0.25, 0.3) is 0 Å². The van der Waals surface area contributed by atoms with E-state index in [0.717, 1.165) is 11.3 Å².